The summed E-state index contributed by atoms with van der Waals surface area (Å²) in [7, 11) is -2.86. The smallest absolute Gasteiger partial charge is 0.254 e. The van der Waals surface area contributed by atoms with Crippen molar-refractivity contribution in [2.75, 3.05) is 37.7 Å². The zero-order valence-electron chi connectivity index (χ0n) is 15.7. The maximum atomic E-state index is 12.9. The normalized spacial score (nSPS) is 22.1. The molecule has 0 bridgehead atoms. The molecule has 6 nitrogen and oxygen atoms in total. The fourth-order valence-electron chi connectivity index (χ4n) is 4.02. The summed E-state index contributed by atoms with van der Waals surface area (Å²) in [5.74, 6) is 1.96. The first-order chi connectivity index (χ1) is 13.5. The van der Waals surface area contributed by atoms with Crippen molar-refractivity contribution in [3.63, 3.8) is 0 Å². The van der Waals surface area contributed by atoms with Crippen LogP contribution in [0.1, 0.15) is 16.8 Å². The van der Waals surface area contributed by atoms with Gasteiger partial charge < -0.3 is 14.5 Å². The van der Waals surface area contributed by atoms with E-state index in [1.165, 1.54) is 4.90 Å². The zero-order chi connectivity index (χ0) is 19.6. The van der Waals surface area contributed by atoms with Gasteiger partial charge in [0.25, 0.3) is 5.91 Å². The third kappa shape index (κ3) is 4.36. The first kappa shape index (κ1) is 19.0. The van der Waals surface area contributed by atoms with Gasteiger partial charge in [-0.15, -0.1) is 0 Å². The second-order valence-corrected chi connectivity index (χ2v) is 9.72. The Bertz CT molecular complexity index is 938. The lowest BCUT2D eigenvalue weighted by molar-refractivity contribution is -0.925. The predicted octanol–water partition coefficient (Wildman–Crippen LogP) is 1.01. The van der Waals surface area contributed by atoms with Crippen molar-refractivity contribution in [3.05, 3.63) is 60.2 Å². The Morgan fingerprint density at radius 1 is 1.00 bits per heavy atom. The van der Waals surface area contributed by atoms with E-state index in [4.69, 9.17) is 4.74 Å². The molecule has 1 N–H and O–H groups in total. The van der Waals surface area contributed by atoms with Crippen molar-refractivity contribution in [1.29, 1.82) is 0 Å². The molecule has 0 aliphatic carbocycles. The maximum Gasteiger partial charge on any atom is 0.254 e. The number of hydrogen-bond acceptors (Lipinski definition) is 4. The van der Waals surface area contributed by atoms with Gasteiger partial charge >= 0.3 is 0 Å². The van der Waals surface area contributed by atoms with Crippen LogP contribution in [0.4, 0.5) is 0 Å². The molecule has 2 aromatic carbocycles. The van der Waals surface area contributed by atoms with Gasteiger partial charge in [0.05, 0.1) is 31.9 Å². The molecule has 28 heavy (non-hydrogen) atoms. The van der Waals surface area contributed by atoms with Crippen LogP contribution in [0.25, 0.3) is 0 Å². The van der Waals surface area contributed by atoms with Crippen LogP contribution in [-0.4, -0.2) is 63.0 Å². The van der Waals surface area contributed by atoms with Crippen LogP contribution in [0, 0.1) is 0 Å². The molecule has 2 aliphatic rings. The number of sulfone groups is 1. The quantitative estimate of drug-likeness (QED) is 0.830. The Morgan fingerprint density at radius 2 is 1.71 bits per heavy atom. The molecule has 0 unspecified atom stereocenters. The molecule has 2 aromatic rings. The fourth-order valence-corrected chi connectivity index (χ4v) is 5.85. The van der Waals surface area contributed by atoms with E-state index < -0.39 is 9.84 Å². The number of piperazine rings is 1. The second kappa shape index (κ2) is 7.93. The minimum atomic E-state index is -2.86. The Kier molecular flexibility index (Phi) is 5.37. The predicted molar refractivity (Wildman–Crippen MR) is 107 cm³/mol. The molecular weight excluding hydrogens is 376 g/mol. The maximum absolute atomic E-state index is 12.9. The summed E-state index contributed by atoms with van der Waals surface area (Å²) in [5, 5.41) is 0. The number of carbonyl (C=O) groups is 1. The number of rotatable bonds is 4. The Morgan fingerprint density at radius 3 is 2.39 bits per heavy atom. The minimum Gasteiger partial charge on any atom is -0.457 e. The monoisotopic (exact) mass is 401 g/mol. The lowest BCUT2D eigenvalue weighted by Gasteiger charge is -2.35. The van der Waals surface area contributed by atoms with E-state index in [1.54, 1.807) is 6.07 Å². The van der Waals surface area contributed by atoms with Crippen molar-refractivity contribution in [2.45, 2.75) is 12.5 Å². The summed E-state index contributed by atoms with van der Waals surface area (Å²) in [6, 6.07) is 16.9. The zero-order valence-corrected chi connectivity index (χ0v) is 16.5. The second-order valence-electron chi connectivity index (χ2n) is 7.49. The van der Waals surface area contributed by atoms with Gasteiger partial charge in [-0.25, -0.2) is 8.42 Å². The molecule has 7 heteroatoms. The van der Waals surface area contributed by atoms with Crippen LogP contribution in [0.5, 0.6) is 11.5 Å². The molecule has 2 aliphatic heterocycles. The van der Waals surface area contributed by atoms with Gasteiger partial charge in [-0.3, -0.25) is 4.79 Å². The number of carbonyl (C=O) groups excluding carboxylic acids is 1. The average Bonchev–Trinajstić information content (AvgIpc) is 3.08. The van der Waals surface area contributed by atoms with Gasteiger partial charge in [0.2, 0.25) is 0 Å². The molecule has 1 amide bonds. The lowest BCUT2D eigenvalue weighted by atomic mass is 10.1. The number of quaternary nitrogens is 1. The Labute approximate surface area is 165 Å². The molecular formula is C21H25N2O4S+. The molecule has 2 fully saturated rings. The lowest BCUT2D eigenvalue weighted by Crippen LogP contribution is -3.18. The van der Waals surface area contributed by atoms with Gasteiger partial charge in [-0.2, -0.15) is 0 Å². The highest BCUT2D eigenvalue weighted by molar-refractivity contribution is 7.91. The summed E-state index contributed by atoms with van der Waals surface area (Å²) in [4.78, 5) is 16.1. The molecule has 4 rings (SSSR count). The summed E-state index contributed by atoms with van der Waals surface area (Å²) >= 11 is 0. The Hall–Kier alpha value is -2.38. The molecule has 0 aromatic heterocycles. The van der Waals surface area contributed by atoms with Crippen molar-refractivity contribution in [3.8, 4) is 11.5 Å². The molecule has 1 atom stereocenters. The van der Waals surface area contributed by atoms with Crippen molar-refractivity contribution in [1.82, 2.24) is 4.90 Å². The van der Waals surface area contributed by atoms with E-state index in [-0.39, 0.29) is 17.7 Å². The van der Waals surface area contributed by atoms with Gasteiger partial charge in [-0.1, -0.05) is 24.3 Å². The first-order valence-corrected chi connectivity index (χ1v) is 11.5. The molecule has 2 saturated heterocycles. The van der Waals surface area contributed by atoms with E-state index in [1.807, 2.05) is 53.4 Å². The first-order valence-electron chi connectivity index (χ1n) is 9.67. The van der Waals surface area contributed by atoms with E-state index in [2.05, 4.69) is 0 Å². The number of ether oxygens (including phenoxy) is 1. The van der Waals surface area contributed by atoms with Crippen LogP contribution in [0.2, 0.25) is 0 Å². The van der Waals surface area contributed by atoms with E-state index in [9.17, 15) is 13.2 Å². The topological polar surface area (TPSA) is 68.1 Å². The van der Waals surface area contributed by atoms with Gasteiger partial charge in [0.15, 0.2) is 9.84 Å². The van der Waals surface area contributed by atoms with Gasteiger partial charge in [0, 0.05) is 12.0 Å². The number of para-hydroxylation sites is 1. The third-order valence-corrected chi connectivity index (χ3v) is 7.33. The van der Waals surface area contributed by atoms with Crippen LogP contribution in [-0.2, 0) is 9.84 Å². The SMILES string of the molecule is O=C(c1cccc(Oc2ccccc2)c1)N1CC[NH+]([C@@H]2CCS(=O)(=O)C2)CC1. The van der Waals surface area contributed by atoms with Crippen LogP contribution in [0.15, 0.2) is 54.6 Å². The highest BCUT2D eigenvalue weighted by atomic mass is 32.2. The number of benzene rings is 2. The standard InChI is InChI=1S/C21H24N2O4S/c24-21(17-5-4-8-20(15-17)27-19-6-2-1-3-7-19)23-12-10-22(11-13-23)18-9-14-28(25,26)16-18/h1-8,15,18H,9-14,16H2/p+1/t18-/m1/s1. The van der Waals surface area contributed by atoms with Gasteiger partial charge in [0.1, 0.15) is 23.3 Å². The summed E-state index contributed by atoms with van der Waals surface area (Å²) in [5.41, 5.74) is 0.611. The largest absolute Gasteiger partial charge is 0.457 e. The minimum absolute atomic E-state index is 0.00314. The fraction of sp³-hybridized carbons (Fsp3) is 0.381. The molecule has 0 spiro atoms. The van der Waals surface area contributed by atoms with Gasteiger partial charge in [-0.05, 0) is 30.3 Å². The van der Waals surface area contributed by atoms with Crippen LogP contribution >= 0.6 is 0 Å². The highest BCUT2D eigenvalue weighted by Gasteiger charge is 2.37. The summed E-state index contributed by atoms with van der Waals surface area (Å²) in [6.45, 7) is 2.89. The van der Waals surface area contributed by atoms with Crippen molar-refractivity contribution in [2.24, 2.45) is 0 Å². The summed E-state index contributed by atoms with van der Waals surface area (Å²) in [6.07, 6.45) is 0.741. The van der Waals surface area contributed by atoms with E-state index >= 15 is 0 Å². The van der Waals surface area contributed by atoms with E-state index in [0.717, 1.165) is 25.3 Å². The summed E-state index contributed by atoms with van der Waals surface area (Å²) < 4.78 is 29.3. The highest BCUT2D eigenvalue weighted by Crippen LogP contribution is 2.22. The van der Waals surface area contributed by atoms with E-state index in [0.29, 0.717) is 30.2 Å². The molecule has 0 saturated carbocycles. The van der Waals surface area contributed by atoms with Crippen LogP contribution in [0.3, 0.4) is 0 Å². The number of nitrogens with zero attached hydrogens (tertiary/aromatic N) is 1. The number of amides is 1. The number of hydrogen-bond donors (Lipinski definition) is 1. The van der Waals surface area contributed by atoms with Crippen molar-refractivity contribution < 1.29 is 22.8 Å². The molecule has 0 radical (unpaired) electrons. The molecule has 2 heterocycles. The third-order valence-electron chi connectivity index (χ3n) is 5.56. The number of nitrogens with one attached hydrogen (secondary N) is 1. The van der Waals surface area contributed by atoms with Crippen LogP contribution < -0.4 is 9.64 Å². The Balaban J connectivity index is 1.37. The van der Waals surface area contributed by atoms with Crippen molar-refractivity contribution >= 4 is 15.7 Å². The average molecular weight is 402 g/mol. The molecule has 148 valence electrons.